The van der Waals surface area contributed by atoms with Crippen molar-refractivity contribution in [1.82, 2.24) is 10.2 Å². The van der Waals surface area contributed by atoms with Gasteiger partial charge in [-0.3, -0.25) is 9.69 Å². The maximum absolute atomic E-state index is 12.3. The predicted molar refractivity (Wildman–Crippen MR) is 97.7 cm³/mol. The molecule has 2 aromatic rings. The first-order valence-electron chi connectivity index (χ1n) is 8.45. The van der Waals surface area contributed by atoms with Gasteiger partial charge in [0.05, 0.1) is 0 Å². The molecule has 1 amide bonds. The van der Waals surface area contributed by atoms with E-state index in [1.54, 1.807) is 12.1 Å². The summed E-state index contributed by atoms with van der Waals surface area (Å²) in [6.45, 7) is 8.92. The quantitative estimate of drug-likeness (QED) is 0.799. The summed E-state index contributed by atoms with van der Waals surface area (Å²) < 4.78 is 5.77. The average Bonchev–Trinajstić information content (AvgIpc) is 2.59. The van der Waals surface area contributed by atoms with Gasteiger partial charge in [0, 0.05) is 24.7 Å². The van der Waals surface area contributed by atoms with E-state index in [4.69, 9.17) is 4.74 Å². The molecule has 0 radical (unpaired) electrons. The third-order valence-corrected chi connectivity index (χ3v) is 3.90. The van der Waals surface area contributed by atoms with Crippen LogP contribution in [-0.2, 0) is 0 Å². The molecule has 0 aliphatic rings. The van der Waals surface area contributed by atoms with Crippen molar-refractivity contribution >= 4 is 5.91 Å². The fourth-order valence-corrected chi connectivity index (χ4v) is 2.52. The van der Waals surface area contributed by atoms with E-state index in [1.165, 1.54) is 0 Å². The maximum atomic E-state index is 12.3. The highest BCUT2D eigenvalue weighted by Crippen LogP contribution is 2.21. The Morgan fingerprint density at radius 1 is 1.08 bits per heavy atom. The smallest absolute Gasteiger partial charge is 0.251 e. The monoisotopic (exact) mass is 326 g/mol. The van der Waals surface area contributed by atoms with Crippen LogP contribution in [0.5, 0.6) is 11.5 Å². The lowest BCUT2D eigenvalue weighted by atomic mass is 10.2. The van der Waals surface area contributed by atoms with E-state index < -0.39 is 0 Å². The second-order valence-corrected chi connectivity index (χ2v) is 5.92. The summed E-state index contributed by atoms with van der Waals surface area (Å²) in [7, 11) is 0. The minimum Gasteiger partial charge on any atom is -0.457 e. The molecule has 24 heavy (non-hydrogen) atoms. The van der Waals surface area contributed by atoms with E-state index >= 15 is 0 Å². The summed E-state index contributed by atoms with van der Waals surface area (Å²) in [6, 6.07) is 17.3. The Morgan fingerprint density at radius 3 is 2.46 bits per heavy atom. The normalized spacial score (nSPS) is 10.9. The first-order chi connectivity index (χ1) is 11.6. The lowest BCUT2D eigenvalue weighted by Gasteiger charge is -2.24. The van der Waals surface area contributed by atoms with E-state index in [1.807, 2.05) is 42.5 Å². The van der Waals surface area contributed by atoms with Crippen molar-refractivity contribution in [2.24, 2.45) is 0 Å². The average molecular weight is 326 g/mol. The number of amides is 1. The molecule has 0 heterocycles. The number of likely N-dealkylation sites (N-methyl/N-ethyl adjacent to an activating group) is 1. The molecule has 0 aromatic heterocycles. The van der Waals surface area contributed by atoms with Crippen LogP contribution in [0.2, 0.25) is 0 Å². The summed E-state index contributed by atoms with van der Waals surface area (Å²) in [4.78, 5) is 14.6. The number of rotatable bonds is 8. The highest BCUT2D eigenvalue weighted by molar-refractivity contribution is 5.94. The van der Waals surface area contributed by atoms with Crippen LogP contribution in [0, 0.1) is 0 Å². The molecule has 0 bridgehead atoms. The van der Waals surface area contributed by atoms with E-state index in [-0.39, 0.29) is 5.91 Å². The van der Waals surface area contributed by atoms with E-state index in [0.29, 0.717) is 23.9 Å². The van der Waals surface area contributed by atoms with E-state index in [0.717, 1.165) is 18.8 Å². The predicted octanol–water partition coefficient (Wildman–Crippen LogP) is 3.94. The molecule has 0 saturated heterocycles. The molecular weight excluding hydrogens is 300 g/mol. The van der Waals surface area contributed by atoms with Gasteiger partial charge < -0.3 is 10.1 Å². The van der Waals surface area contributed by atoms with Crippen molar-refractivity contribution in [2.45, 2.75) is 26.8 Å². The van der Waals surface area contributed by atoms with Crippen molar-refractivity contribution < 1.29 is 9.53 Å². The number of carbonyl (C=O) groups is 1. The van der Waals surface area contributed by atoms with Gasteiger partial charge in [0.25, 0.3) is 5.91 Å². The Hall–Kier alpha value is -2.33. The highest BCUT2D eigenvalue weighted by atomic mass is 16.5. The van der Waals surface area contributed by atoms with Gasteiger partial charge in [0.2, 0.25) is 0 Å². The van der Waals surface area contributed by atoms with E-state index in [2.05, 4.69) is 31.0 Å². The fourth-order valence-electron chi connectivity index (χ4n) is 2.52. The molecule has 0 unspecified atom stereocenters. The topological polar surface area (TPSA) is 41.6 Å². The molecule has 0 aliphatic heterocycles. The molecule has 4 nitrogen and oxygen atoms in total. The minimum absolute atomic E-state index is 0.0756. The van der Waals surface area contributed by atoms with Crippen molar-refractivity contribution in [2.75, 3.05) is 19.6 Å². The number of hydrogen-bond donors (Lipinski definition) is 1. The third kappa shape index (κ3) is 5.39. The lowest BCUT2D eigenvalue weighted by Crippen LogP contribution is -2.38. The van der Waals surface area contributed by atoms with Crippen LogP contribution >= 0.6 is 0 Å². The Bertz CT molecular complexity index is 641. The number of nitrogens with zero attached hydrogens (tertiary/aromatic N) is 1. The molecule has 4 heteroatoms. The molecule has 0 saturated carbocycles. The number of carbonyl (C=O) groups excluding carboxylic acids is 1. The fraction of sp³-hybridized carbons (Fsp3) is 0.350. The second kappa shape index (κ2) is 9.08. The molecule has 0 spiro atoms. The summed E-state index contributed by atoms with van der Waals surface area (Å²) in [5.41, 5.74) is 0.607. The Kier molecular flexibility index (Phi) is 6.82. The lowest BCUT2D eigenvalue weighted by molar-refractivity contribution is 0.0945. The van der Waals surface area contributed by atoms with Crippen LogP contribution in [0.25, 0.3) is 0 Å². The van der Waals surface area contributed by atoms with Gasteiger partial charge in [-0.15, -0.1) is 0 Å². The van der Waals surface area contributed by atoms with Gasteiger partial charge >= 0.3 is 0 Å². The standard InChI is InChI=1S/C20H26N2O2/c1-4-22(16(2)3)14-13-21-20(23)17-9-8-12-19(15-17)24-18-10-6-5-7-11-18/h5-12,15-16H,4,13-14H2,1-3H3,(H,21,23). The van der Waals surface area contributed by atoms with Crippen molar-refractivity contribution in [1.29, 1.82) is 0 Å². The first-order valence-corrected chi connectivity index (χ1v) is 8.45. The summed E-state index contributed by atoms with van der Waals surface area (Å²) >= 11 is 0. The van der Waals surface area contributed by atoms with Crippen molar-refractivity contribution in [3.8, 4) is 11.5 Å². The van der Waals surface area contributed by atoms with Crippen molar-refractivity contribution in [3.63, 3.8) is 0 Å². The molecule has 0 fully saturated rings. The van der Waals surface area contributed by atoms with Gasteiger partial charge in [0.15, 0.2) is 0 Å². The van der Waals surface area contributed by atoms with Crippen LogP contribution in [0.1, 0.15) is 31.1 Å². The van der Waals surface area contributed by atoms with Gasteiger partial charge in [-0.05, 0) is 50.7 Å². The van der Waals surface area contributed by atoms with Gasteiger partial charge in [-0.2, -0.15) is 0 Å². The molecular formula is C20H26N2O2. The SMILES string of the molecule is CCN(CCNC(=O)c1cccc(Oc2ccccc2)c1)C(C)C. The number of nitrogens with one attached hydrogen (secondary N) is 1. The summed E-state index contributed by atoms with van der Waals surface area (Å²) in [5, 5.41) is 2.97. The van der Waals surface area contributed by atoms with Crippen LogP contribution in [0.15, 0.2) is 54.6 Å². The number of ether oxygens (including phenoxy) is 1. The molecule has 1 N–H and O–H groups in total. The zero-order valence-electron chi connectivity index (χ0n) is 14.7. The molecule has 2 aromatic carbocycles. The Morgan fingerprint density at radius 2 is 1.79 bits per heavy atom. The summed E-state index contributed by atoms with van der Waals surface area (Å²) in [6.07, 6.45) is 0. The van der Waals surface area contributed by atoms with Crippen LogP contribution < -0.4 is 10.1 Å². The van der Waals surface area contributed by atoms with Gasteiger partial charge in [-0.1, -0.05) is 31.2 Å². The Balaban J connectivity index is 1.92. The van der Waals surface area contributed by atoms with Crippen LogP contribution in [0.3, 0.4) is 0 Å². The molecule has 128 valence electrons. The highest BCUT2D eigenvalue weighted by Gasteiger charge is 2.09. The maximum Gasteiger partial charge on any atom is 0.251 e. The largest absolute Gasteiger partial charge is 0.457 e. The third-order valence-electron chi connectivity index (χ3n) is 3.90. The van der Waals surface area contributed by atoms with Gasteiger partial charge in [-0.25, -0.2) is 0 Å². The molecule has 0 atom stereocenters. The number of hydrogen-bond acceptors (Lipinski definition) is 3. The molecule has 2 rings (SSSR count). The molecule has 0 aliphatic carbocycles. The minimum atomic E-state index is -0.0756. The van der Waals surface area contributed by atoms with Gasteiger partial charge in [0.1, 0.15) is 11.5 Å². The summed E-state index contributed by atoms with van der Waals surface area (Å²) in [5.74, 6) is 1.34. The van der Waals surface area contributed by atoms with Crippen LogP contribution in [0.4, 0.5) is 0 Å². The van der Waals surface area contributed by atoms with E-state index in [9.17, 15) is 4.79 Å². The first kappa shape index (κ1) is 18.0. The van der Waals surface area contributed by atoms with Crippen LogP contribution in [-0.4, -0.2) is 36.5 Å². The zero-order valence-corrected chi connectivity index (χ0v) is 14.7. The zero-order chi connectivity index (χ0) is 17.4. The van der Waals surface area contributed by atoms with Crippen molar-refractivity contribution in [3.05, 3.63) is 60.2 Å². The second-order valence-electron chi connectivity index (χ2n) is 5.92. The Labute approximate surface area is 144 Å². The number of para-hydroxylation sites is 1. The number of benzene rings is 2.